The number of fused-ring (bicyclic) bond motifs is 1. The van der Waals surface area contributed by atoms with E-state index in [0.717, 1.165) is 11.1 Å². The minimum absolute atomic E-state index is 0.0532. The van der Waals surface area contributed by atoms with Crippen molar-refractivity contribution in [3.8, 4) is 0 Å². The molecule has 7 heteroatoms. The van der Waals surface area contributed by atoms with Crippen LogP contribution >= 0.6 is 0 Å². The van der Waals surface area contributed by atoms with E-state index in [1.54, 1.807) is 24.3 Å². The molecule has 0 bridgehead atoms. The molecule has 0 aliphatic carbocycles. The number of amides is 1. The summed E-state index contributed by atoms with van der Waals surface area (Å²) in [6, 6.07) is 25.3. The first-order chi connectivity index (χ1) is 15.5. The van der Waals surface area contributed by atoms with Crippen LogP contribution in [0.5, 0.6) is 0 Å². The number of esters is 1. The maximum absolute atomic E-state index is 12.9. The molecule has 0 spiro atoms. The van der Waals surface area contributed by atoms with Gasteiger partial charge in [0.05, 0.1) is 11.4 Å². The third-order valence-corrected chi connectivity index (χ3v) is 5.09. The highest BCUT2D eigenvalue weighted by molar-refractivity contribution is 6.02. The molecule has 1 unspecified atom stereocenters. The van der Waals surface area contributed by atoms with Crippen molar-refractivity contribution in [1.29, 1.82) is 0 Å². The van der Waals surface area contributed by atoms with Gasteiger partial charge in [-0.05, 0) is 24.1 Å². The van der Waals surface area contributed by atoms with Gasteiger partial charge in [-0.2, -0.15) is 5.10 Å². The Kier molecular flexibility index (Phi) is 6.07. The van der Waals surface area contributed by atoms with Crippen LogP contribution < -0.4 is 10.9 Å². The lowest BCUT2D eigenvalue weighted by Crippen LogP contribution is -2.38. The van der Waals surface area contributed by atoms with Crippen molar-refractivity contribution in [2.45, 2.75) is 19.1 Å². The highest BCUT2D eigenvalue weighted by Crippen LogP contribution is 2.22. The quantitative estimate of drug-likeness (QED) is 0.460. The summed E-state index contributed by atoms with van der Waals surface area (Å²) in [4.78, 5) is 37.6. The maximum Gasteiger partial charge on any atom is 0.360 e. The third-order valence-electron chi connectivity index (χ3n) is 5.09. The Labute approximate surface area is 184 Å². The number of aromatic nitrogens is 2. The average Bonchev–Trinajstić information content (AvgIpc) is 2.83. The standard InChI is InChI=1S/C25H21N3O4/c1-16(32-25(31)22-19-14-8-9-15-20(19)24(30)28-27-22)23(29)26-21(17-10-4-2-5-11-17)18-12-6-3-7-13-18/h2-16,21H,1H3,(H,26,29)(H,28,30). The summed E-state index contributed by atoms with van der Waals surface area (Å²) < 4.78 is 5.38. The molecule has 1 amide bonds. The first-order valence-corrected chi connectivity index (χ1v) is 10.1. The number of nitrogens with zero attached hydrogens (tertiary/aromatic N) is 1. The molecule has 0 aliphatic rings. The summed E-state index contributed by atoms with van der Waals surface area (Å²) >= 11 is 0. The van der Waals surface area contributed by atoms with Crippen molar-refractivity contribution in [2.75, 3.05) is 0 Å². The number of nitrogens with one attached hydrogen (secondary N) is 2. The summed E-state index contributed by atoms with van der Waals surface area (Å²) in [6.45, 7) is 1.49. The van der Waals surface area contributed by atoms with Gasteiger partial charge in [0.25, 0.3) is 11.5 Å². The van der Waals surface area contributed by atoms with Gasteiger partial charge in [-0.3, -0.25) is 9.59 Å². The van der Waals surface area contributed by atoms with Crippen LogP contribution in [0.1, 0.15) is 34.6 Å². The lowest BCUT2D eigenvalue weighted by atomic mass is 9.98. The molecule has 1 aromatic heterocycles. The third kappa shape index (κ3) is 4.41. The van der Waals surface area contributed by atoms with Crippen LogP contribution in [0.3, 0.4) is 0 Å². The molecule has 32 heavy (non-hydrogen) atoms. The molecule has 1 atom stereocenters. The van der Waals surface area contributed by atoms with E-state index in [1.807, 2.05) is 60.7 Å². The fourth-order valence-electron chi connectivity index (χ4n) is 3.45. The lowest BCUT2D eigenvalue weighted by Gasteiger charge is -2.22. The summed E-state index contributed by atoms with van der Waals surface area (Å²) in [6.07, 6.45) is -1.08. The van der Waals surface area contributed by atoms with Gasteiger partial charge in [-0.15, -0.1) is 0 Å². The van der Waals surface area contributed by atoms with E-state index in [4.69, 9.17) is 4.74 Å². The molecule has 0 fully saturated rings. The van der Waals surface area contributed by atoms with Crippen molar-refractivity contribution < 1.29 is 14.3 Å². The number of hydrogen-bond donors (Lipinski definition) is 2. The molecule has 3 aromatic carbocycles. The zero-order valence-electron chi connectivity index (χ0n) is 17.3. The van der Waals surface area contributed by atoms with Crippen LogP contribution in [0.4, 0.5) is 0 Å². The molecule has 7 nitrogen and oxygen atoms in total. The molecular formula is C25H21N3O4. The number of carbonyl (C=O) groups is 2. The van der Waals surface area contributed by atoms with Crippen LogP contribution in [0.25, 0.3) is 10.8 Å². The molecule has 0 saturated carbocycles. The van der Waals surface area contributed by atoms with Gasteiger partial charge in [0.1, 0.15) is 0 Å². The largest absolute Gasteiger partial charge is 0.448 e. The first-order valence-electron chi connectivity index (χ1n) is 10.1. The first kappa shape index (κ1) is 21.0. The van der Waals surface area contributed by atoms with Gasteiger partial charge in [0, 0.05) is 5.39 Å². The molecule has 4 aromatic rings. The topological polar surface area (TPSA) is 101 Å². The monoisotopic (exact) mass is 427 g/mol. The lowest BCUT2D eigenvalue weighted by molar-refractivity contribution is -0.129. The second-order valence-corrected chi connectivity index (χ2v) is 7.26. The fraction of sp³-hybridized carbons (Fsp3) is 0.120. The van der Waals surface area contributed by atoms with Gasteiger partial charge < -0.3 is 10.1 Å². The Hall–Kier alpha value is -4.26. The Morgan fingerprint density at radius 1 is 0.844 bits per heavy atom. The van der Waals surface area contributed by atoms with Crippen LogP contribution in [0.15, 0.2) is 89.7 Å². The number of ether oxygens (including phenoxy) is 1. The molecule has 2 N–H and O–H groups in total. The van der Waals surface area contributed by atoms with E-state index in [9.17, 15) is 14.4 Å². The van der Waals surface area contributed by atoms with Crippen molar-refractivity contribution in [2.24, 2.45) is 0 Å². The van der Waals surface area contributed by atoms with Gasteiger partial charge >= 0.3 is 5.97 Å². The Morgan fingerprint density at radius 3 is 1.97 bits per heavy atom. The van der Waals surface area contributed by atoms with Gasteiger partial charge in [-0.1, -0.05) is 78.9 Å². The number of H-pyrrole nitrogens is 1. The minimum atomic E-state index is -1.08. The van der Waals surface area contributed by atoms with Crippen LogP contribution in [0.2, 0.25) is 0 Å². The van der Waals surface area contributed by atoms with Gasteiger partial charge in [-0.25, -0.2) is 9.89 Å². The highest BCUT2D eigenvalue weighted by Gasteiger charge is 2.25. The maximum atomic E-state index is 12.9. The molecule has 4 rings (SSSR count). The second kappa shape index (κ2) is 9.26. The number of aromatic amines is 1. The second-order valence-electron chi connectivity index (χ2n) is 7.26. The summed E-state index contributed by atoms with van der Waals surface area (Å²) in [5, 5.41) is 9.76. The summed E-state index contributed by atoms with van der Waals surface area (Å²) in [7, 11) is 0. The number of carbonyl (C=O) groups excluding carboxylic acids is 2. The van der Waals surface area contributed by atoms with E-state index < -0.39 is 29.6 Å². The Balaban J connectivity index is 1.54. The van der Waals surface area contributed by atoms with Crippen LogP contribution in [0, 0.1) is 0 Å². The molecule has 1 heterocycles. The van der Waals surface area contributed by atoms with E-state index in [1.165, 1.54) is 6.92 Å². The van der Waals surface area contributed by atoms with Gasteiger partial charge in [0.2, 0.25) is 0 Å². The molecule has 160 valence electrons. The minimum Gasteiger partial charge on any atom is -0.448 e. The van der Waals surface area contributed by atoms with Gasteiger partial charge in [0.15, 0.2) is 11.8 Å². The number of hydrogen-bond acceptors (Lipinski definition) is 5. The van der Waals surface area contributed by atoms with Crippen molar-refractivity contribution >= 4 is 22.6 Å². The molecular weight excluding hydrogens is 406 g/mol. The predicted octanol–water partition coefficient (Wildman–Crippen LogP) is 3.37. The zero-order chi connectivity index (χ0) is 22.5. The van der Waals surface area contributed by atoms with Crippen LogP contribution in [-0.2, 0) is 9.53 Å². The molecule has 0 radical (unpaired) electrons. The average molecular weight is 427 g/mol. The van der Waals surface area contributed by atoms with E-state index in [0.29, 0.717) is 10.8 Å². The normalized spacial score (nSPS) is 11.8. The Morgan fingerprint density at radius 2 is 1.38 bits per heavy atom. The zero-order valence-corrected chi connectivity index (χ0v) is 17.3. The van der Waals surface area contributed by atoms with E-state index in [2.05, 4.69) is 15.5 Å². The predicted molar refractivity (Wildman–Crippen MR) is 120 cm³/mol. The van der Waals surface area contributed by atoms with Crippen molar-refractivity contribution in [1.82, 2.24) is 15.5 Å². The summed E-state index contributed by atoms with van der Waals surface area (Å²) in [5.41, 5.74) is 1.34. The number of benzene rings is 3. The summed E-state index contributed by atoms with van der Waals surface area (Å²) in [5.74, 6) is -1.25. The van der Waals surface area contributed by atoms with Crippen molar-refractivity contribution in [3.05, 3.63) is 112 Å². The number of rotatable bonds is 6. The molecule has 0 aliphatic heterocycles. The highest BCUT2D eigenvalue weighted by atomic mass is 16.5. The SMILES string of the molecule is CC(OC(=O)c1n[nH]c(=O)c2ccccc12)C(=O)NC(c1ccccc1)c1ccccc1. The van der Waals surface area contributed by atoms with E-state index in [-0.39, 0.29) is 5.69 Å². The smallest absolute Gasteiger partial charge is 0.360 e. The van der Waals surface area contributed by atoms with E-state index >= 15 is 0 Å². The fourth-order valence-corrected chi connectivity index (χ4v) is 3.45. The van der Waals surface area contributed by atoms with Crippen LogP contribution in [-0.4, -0.2) is 28.2 Å². The Bertz CT molecular complexity index is 1260. The van der Waals surface area contributed by atoms with Crippen molar-refractivity contribution in [3.63, 3.8) is 0 Å². The molecule has 0 saturated heterocycles.